The fourth-order valence-corrected chi connectivity index (χ4v) is 4.91. The molecule has 1 aliphatic carbocycles. The molecular weight excluding hydrogens is 474 g/mol. The van der Waals surface area contributed by atoms with E-state index in [0.29, 0.717) is 28.5 Å². The molecule has 3 atom stereocenters. The van der Waals surface area contributed by atoms with E-state index in [-0.39, 0.29) is 11.8 Å². The van der Waals surface area contributed by atoms with Crippen molar-refractivity contribution in [1.29, 1.82) is 0 Å². The van der Waals surface area contributed by atoms with Gasteiger partial charge in [-0.3, -0.25) is 4.79 Å². The molecule has 6 nitrogen and oxygen atoms in total. The van der Waals surface area contributed by atoms with Crippen molar-refractivity contribution in [3.05, 3.63) is 58.1 Å². The minimum Gasteiger partial charge on any atom is -0.497 e. The van der Waals surface area contributed by atoms with Crippen molar-refractivity contribution in [3.63, 3.8) is 0 Å². The van der Waals surface area contributed by atoms with Gasteiger partial charge < -0.3 is 19.5 Å². The monoisotopic (exact) mass is 501 g/mol. The lowest BCUT2D eigenvalue weighted by atomic mass is 9.85. The third-order valence-electron chi connectivity index (χ3n) is 6.35. The van der Waals surface area contributed by atoms with Crippen LogP contribution in [0.1, 0.15) is 61.1 Å². The zero-order valence-electron chi connectivity index (χ0n) is 18.3. The summed E-state index contributed by atoms with van der Waals surface area (Å²) < 4.78 is 18.0. The van der Waals surface area contributed by atoms with Gasteiger partial charge in [0.1, 0.15) is 11.5 Å². The van der Waals surface area contributed by atoms with Crippen LogP contribution in [0.2, 0.25) is 0 Å². The van der Waals surface area contributed by atoms with Crippen LogP contribution in [0.3, 0.4) is 0 Å². The number of rotatable bonds is 5. The van der Waals surface area contributed by atoms with E-state index in [1.54, 1.807) is 25.3 Å². The summed E-state index contributed by atoms with van der Waals surface area (Å²) in [7, 11) is 1.58. The maximum absolute atomic E-state index is 13.4. The van der Waals surface area contributed by atoms with E-state index in [4.69, 9.17) is 14.2 Å². The van der Waals surface area contributed by atoms with Crippen LogP contribution in [0.5, 0.6) is 11.5 Å². The molecule has 0 spiro atoms. The lowest BCUT2D eigenvalue weighted by molar-refractivity contribution is 0.00756. The SMILES string of the molecule is COc1cccc([C@@H]2Oc3ccc(Br)cc3C(=O)C2OC(=O)N[C@H](C)C2CCCCC2)c1. The smallest absolute Gasteiger partial charge is 0.408 e. The Kier molecular flexibility index (Phi) is 7.04. The second kappa shape index (κ2) is 9.94. The van der Waals surface area contributed by atoms with Crippen LogP contribution < -0.4 is 14.8 Å². The summed E-state index contributed by atoms with van der Waals surface area (Å²) in [6.07, 6.45) is 3.33. The number of hydrogen-bond donors (Lipinski definition) is 1. The van der Waals surface area contributed by atoms with Crippen molar-refractivity contribution < 1.29 is 23.8 Å². The Bertz CT molecular complexity index is 988. The van der Waals surface area contributed by atoms with Crippen LogP contribution in [0.15, 0.2) is 46.9 Å². The van der Waals surface area contributed by atoms with Gasteiger partial charge >= 0.3 is 6.09 Å². The summed E-state index contributed by atoms with van der Waals surface area (Å²) in [5.74, 6) is 1.23. The number of carbonyl (C=O) groups is 2. The van der Waals surface area contributed by atoms with Crippen molar-refractivity contribution in [1.82, 2.24) is 5.32 Å². The molecule has 1 fully saturated rings. The first-order chi connectivity index (χ1) is 15.5. The molecule has 1 unspecified atom stereocenters. The van der Waals surface area contributed by atoms with Gasteiger partial charge in [-0.1, -0.05) is 47.3 Å². The maximum Gasteiger partial charge on any atom is 0.408 e. The van der Waals surface area contributed by atoms with Crippen LogP contribution >= 0.6 is 15.9 Å². The van der Waals surface area contributed by atoms with Gasteiger partial charge in [0.2, 0.25) is 11.9 Å². The number of Topliss-reactive ketones (excluding diaryl/α,β-unsaturated/α-hetero) is 1. The van der Waals surface area contributed by atoms with Crippen LogP contribution in [-0.4, -0.2) is 31.1 Å². The normalized spacial score (nSPS) is 21.8. The Morgan fingerprint density at radius 1 is 1.16 bits per heavy atom. The molecular formula is C25H28BrNO5. The first-order valence-corrected chi connectivity index (χ1v) is 11.9. The van der Waals surface area contributed by atoms with Gasteiger partial charge in [0.05, 0.1) is 12.7 Å². The second-order valence-corrected chi connectivity index (χ2v) is 9.39. The number of methoxy groups -OCH3 is 1. The van der Waals surface area contributed by atoms with E-state index in [1.165, 1.54) is 19.3 Å². The van der Waals surface area contributed by atoms with Gasteiger partial charge in [-0.2, -0.15) is 0 Å². The van der Waals surface area contributed by atoms with Gasteiger partial charge in [0, 0.05) is 16.1 Å². The number of halogens is 1. The number of alkyl carbamates (subject to hydrolysis) is 1. The Morgan fingerprint density at radius 3 is 2.69 bits per heavy atom. The number of fused-ring (bicyclic) bond motifs is 1. The molecule has 2 aromatic rings. The molecule has 7 heteroatoms. The van der Waals surface area contributed by atoms with Crippen LogP contribution in [0.4, 0.5) is 4.79 Å². The summed E-state index contributed by atoms with van der Waals surface area (Å²) in [6.45, 7) is 2.00. The van der Waals surface area contributed by atoms with E-state index in [0.717, 1.165) is 17.3 Å². The van der Waals surface area contributed by atoms with Crippen LogP contribution in [0, 0.1) is 5.92 Å². The first kappa shape index (κ1) is 22.6. The van der Waals surface area contributed by atoms with Gasteiger partial charge in [0.25, 0.3) is 0 Å². The van der Waals surface area contributed by atoms with Crippen LogP contribution in [-0.2, 0) is 4.74 Å². The van der Waals surface area contributed by atoms with E-state index < -0.39 is 18.3 Å². The van der Waals surface area contributed by atoms with Gasteiger partial charge in [-0.25, -0.2) is 4.79 Å². The highest BCUT2D eigenvalue weighted by atomic mass is 79.9. The zero-order valence-corrected chi connectivity index (χ0v) is 19.9. The fourth-order valence-electron chi connectivity index (χ4n) is 4.55. The molecule has 1 aliphatic heterocycles. The Hall–Kier alpha value is -2.54. The maximum atomic E-state index is 13.4. The van der Waals surface area contributed by atoms with E-state index in [2.05, 4.69) is 21.2 Å². The number of ketones is 1. The number of ether oxygens (including phenoxy) is 3. The Labute approximate surface area is 196 Å². The number of carbonyl (C=O) groups excluding carboxylic acids is 2. The van der Waals surface area contributed by atoms with Crippen molar-refractivity contribution in [2.75, 3.05) is 7.11 Å². The highest BCUT2D eigenvalue weighted by Crippen LogP contribution is 2.38. The average molecular weight is 502 g/mol. The number of nitrogens with one attached hydrogen (secondary N) is 1. The van der Waals surface area contributed by atoms with Crippen molar-refractivity contribution >= 4 is 27.8 Å². The van der Waals surface area contributed by atoms with Crippen molar-refractivity contribution in [2.24, 2.45) is 5.92 Å². The molecule has 1 amide bonds. The highest BCUT2D eigenvalue weighted by molar-refractivity contribution is 9.10. The van der Waals surface area contributed by atoms with E-state index in [1.807, 2.05) is 31.2 Å². The largest absolute Gasteiger partial charge is 0.497 e. The quantitative estimate of drug-likeness (QED) is 0.557. The van der Waals surface area contributed by atoms with E-state index in [9.17, 15) is 9.59 Å². The van der Waals surface area contributed by atoms with Crippen LogP contribution in [0.25, 0.3) is 0 Å². The molecule has 32 heavy (non-hydrogen) atoms. The van der Waals surface area contributed by atoms with Gasteiger partial charge in [-0.15, -0.1) is 0 Å². The number of amides is 1. The predicted octanol–water partition coefficient (Wildman–Crippen LogP) is 5.84. The average Bonchev–Trinajstić information content (AvgIpc) is 2.81. The molecule has 1 heterocycles. The molecule has 0 aromatic heterocycles. The van der Waals surface area contributed by atoms with Gasteiger partial charge in [-0.05, 0) is 56.0 Å². The molecule has 1 N–H and O–H groups in total. The van der Waals surface area contributed by atoms with Gasteiger partial charge in [0.15, 0.2) is 6.10 Å². The van der Waals surface area contributed by atoms with E-state index >= 15 is 0 Å². The molecule has 1 saturated carbocycles. The molecule has 2 aromatic carbocycles. The summed E-state index contributed by atoms with van der Waals surface area (Å²) in [6, 6.07) is 12.5. The predicted molar refractivity (Wildman–Crippen MR) is 124 cm³/mol. The molecule has 0 bridgehead atoms. The Morgan fingerprint density at radius 2 is 1.94 bits per heavy atom. The molecule has 0 radical (unpaired) electrons. The fraction of sp³-hybridized carbons (Fsp3) is 0.440. The highest BCUT2D eigenvalue weighted by Gasteiger charge is 2.41. The zero-order chi connectivity index (χ0) is 22.7. The third kappa shape index (κ3) is 4.93. The minimum absolute atomic E-state index is 0.0147. The summed E-state index contributed by atoms with van der Waals surface area (Å²) in [5, 5.41) is 2.94. The standard InChI is InChI=1S/C25H28BrNO5/c1-15(16-7-4-3-5-8-16)27-25(29)32-24-22(28)20-14-18(26)11-12-21(20)31-23(24)17-9-6-10-19(13-17)30-2/h6,9-16,23-24H,3-5,7-8H2,1-2H3,(H,27,29)/t15-,23+,24?/m1/s1. The first-order valence-electron chi connectivity index (χ1n) is 11.1. The Balaban J connectivity index is 1.58. The summed E-state index contributed by atoms with van der Waals surface area (Å²) in [4.78, 5) is 26.2. The molecule has 170 valence electrons. The number of hydrogen-bond acceptors (Lipinski definition) is 5. The lowest BCUT2D eigenvalue weighted by Gasteiger charge is -2.33. The molecule has 0 saturated heterocycles. The third-order valence-corrected chi connectivity index (χ3v) is 6.85. The minimum atomic E-state index is -1.11. The number of benzene rings is 2. The second-order valence-electron chi connectivity index (χ2n) is 8.48. The van der Waals surface area contributed by atoms with Crippen molar-refractivity contribution in [3.8, 4) is 11.5 Å². The van der Waals surface area contributed by atoms with Crippen molar-refractivity contribution in [2.45, 2.75) is 57.3 Å². The molecule has 2 aliphatic rings. The lowest BCUT2D eigenvalue weighted by Crippen LogP contribution is -2.45. The molecule has 4 rings (SSSR count). The summed E-state index contributed by atoms with van der Waals surface area (Å²) in [5.41, 5.74) is 1.08. The topological polar surface area (TPSA) is 73.9 Å². The summed E-state index contributed by atoms with van der Waals surface area (Å²) >= 11 is 3.40.